The van der Waals surface area contributed by atoms with Crippen molar-refractivity contribution >= 4 is 0 Å². The van der Waals surface area contributed by atoms with Gasteiger partial charge >= 0.3 is 0 Å². The second kappa shape index (κ2) is 8.72. The van der Waals surface area contributed by atoms with Gasteiger partial charge in [0.2, 0.25) is 5.89 Å². The minimum atomic E-state index is 0.688. The van der Waals surface area contributed by atoms with Gasteiger partial charge in [-0.15, -0.1) is 0 Å². The summed E-state index contributed by atoms with van der Waals surface area (Å²) >= 11 is 0. The molecule has 0 amide bonds. The van der Waals surface area contributed by atoms with E-state index < -0.39 is 0 Å². The summed E-state index contributed by atoms with van der Waals surface area (Å²) in [5, 5.41) is 0. The number of rotatable bonds is 1. The quantitative estimate of drug-likeness (QED) is 0.694. The van der Waals surface area contributed by atoms with Gasteiger partial charge in [0.1, 0.15) is 6.26 Å². The molecule has 0 saturated heterocycles. The molecule has 0 N–H and O–H groups in total. The zero-order chi connectivity index (χ0) is 12.4. The van der Waals surface area contributed by atoms with Crippen LogP contribution in [0.3, 0.4) is 0 Å². The van der Waals surface area contributed by atoms with E-state index in [1.54, 1.807) is 12.5 Å². The highest BCUT2D eigenvalue weighted by atomic mass is 16.3. The van der Waals surface area contributed by atoms with Gasteiger partial charge in [0.05, 0.1) is 6.20 Å². The molecule has 0 radical (unpaired) electrons. The van der Waals surface area contributed by atoms with E-state index in [1.165, 1.54) is 5.56 Å². The molecule has 0 spiro atoms. The molecule has 1 aromatic heterocycles. The molecular weight excluding hydrogens is 198 g/mol. The summed E-state index contributed by atoms with van der Waals surface area (Å²) in [6.45, 7) is 10.0. The van der Waals surface area contributed by atoms with Crippen molar-refractivity contribution in [2.24, 2.45) is 0 Å². The van der Waals surface area contributed by atoms with Gasteiger partial charge in [-0.2, -0.15) is 0 Å². The molecule has 0 aliphatic carbocycles. The lowest BCUT2D eigenvalue weighted by Gasteiger charge is -1.98. The Labute approximate surface area is 98.3 Å². The second-order valence-corrected chi connectivity index (χ2v) is 2.65. The summed E-state index contributed by atoms with van der Waals surface area (Å²) in [5.41, 5.74) is 2.24. The zero-order valence-corrected chi connectivity index (χ0v) is 10.8. The third-order valence-corrected chi connectivity index (χ3v) is 1.81. The number of hydrogen-bond donors (Lipinski definition) is 0. The van der Waals surface area contributed by atoms with E-state index >= 15 is 0 Å². The summed E-state index contributed by atoms with van der Waals surface area (Å²) in [7, 11) is 0. The van der Waals surface area contributed by atoms with Gasteiger partial charge in [-0.1, -0.05) is 45.9 Å². The Kier molecular flexibility index (Phi) is 7.86. The van der Waals surface area contributed by atoms with Gasteiger partial charge in [0.15, 0.2) is 0 Å². The third-order valence-electron chi connectivity index (χ3n) is 1.81. The van der Waals surface area contributed by atoms with E-state index in [9.17, 15) is 0 Å². The van der Waals surface area contributed by atoms with Crippen LogP contribution in [0.2, 0.25) is 0 Å². The Morgan fingerprint density at radius 3 is 2.12 bits per heavy atom. The minimum absolute atomic E-state index is 0.688. The highest BCUT2D eigenvalue weighted by Gasteiger charge is 2.03. The molecule has 2 aromatic rings. The van der Waals surface area contributed by atoms with E-state index in [-0.39, 0.29) is 0 Å². The number of benzene rings is 1. The van der Waals surface area contributed by atoms with E-state index in [1.807, 2.05) is 58.9 Å². The van der Waals surface area contributed by atoms with Crippen LogP contribution in [0.4, 0.5) is 0 Å². The molecule has 88 valence electrons. The van der Waals surface area contributed by atoms with Gasteiger partial charge in [-0.05, 0) is 18.6 Å². The van der Waals surface area contributed by atoms with Gasteiger partial charge < -0.3 is 4.42 Å². The lowest BCUT2D eigenvalue weighted by atomic mass is 10.1. The molecule has 0 atom stereocenters. The molecule has 1 aromatic carbocycles. The molecule has 0 unspecified atom stereocenters. The topological polar surface area (TPSA) is 26.0 Å². The predicted molar refractivity (Wildman–Crippen MR) is 69.4 cm³/mol. The van der Waals surface area contributed by atoms with Gasteiger partial charge in [0.25, 0.3) is 0 Å². The van der Waals surface area contributed by atoms with Crippen molar-refractivity contribution in [2.45, 2.75) is 34.6 Å². The maximum atomic E-state index is 5.19. The average Bonchev–Trinajstić information content (AvgIpc) is 2.88. The number of hydrogen-bond acceptors (Lipinski definition) is 2. The van der Waals surface area contributed by atoms with Crippen LogP contribution in [0.15, 0.2) is 41.1 Å². The summed E-state index contributed by atoms with van der Waals surface area (Å²) in [6.07, 6.45) is 3.24. The molecule has 2 rings (SSSR count). The fourth-order valence-corrected chi connectivity index (χ4v) is 1.17. The van der Waals surface area contributed by atoms with Crippen LogP contribution in [0.25, 0.3) is 11.5 Å². The van der Waals surface area contributed by atoms with Crippen molar-refractivity contribution in [3.05, 3.63) is 42.3 Å². The average molecular weight is 219 g/mol. The van der Waals surface area contributed by atoms with Gasteiger partial charge in [0, 0.05) is 5.56 Å². The number of aromatic nitrogens is 1. The first kappa shape index (κ1) is 14.4. The number of oxazole rings is 1. The van der Waals surface area contributed by atoms with E-state index in [0.717, 1.165) is 5.56 Å². The normalized spacial score (nSPS) is 8.31. The largest absolute Gasteiger partial charge is 0.445 e. The van der Waals surface area contributed by atoms with Gasteiger partial charge in [-0.25, -0.2) is 4.98 Å². The van der Waals surface area contributed by atoms with Crippen molar-refractivity contribution in [1.29, 1.82) is 0 Å². The maximum absolute atomic E-state index is 5.19. The van der Waals surface area contributed by atoms with E-state index in [2.05, 4.69) is 4.98 Å². The molecule has 2 heteroatoms. The molecule has 0 bridgehead atoms. The first-order valence-electron chi connectivity index (χ1n) is 5.83. The van der Waals surface area contributed by atoms with Crippen molar-refractivity contribution in [3.8, 4) is 11.5 Å². The Balaban J connectivity index is 0.000000509. The van der Waals surface area contributed by atoms with Crippen LogP contribution >= 0.6 is 0 Å². The van der Waals surface area contributed by atoms with Crippen LogP contribution in [0.5, 0.6) is 0 Å². The van der Waals surface area contributed by atoms with E-state index in [4.69, 9.17) is 4.42 Å². The fourth-order valence-electron chi connectivity index (χ4n) is 1.17. The van der Waals surface area contributed by atoms with Crippen LogP contribution in [-0.2, 0) is 0 Å². The van der Waals surface area contributed by atoms with Crippen molar-refractivity contribution in [2.75, 3.05) is 0 Å². The fraction of sp³-hybridized carbons (Fsp3) is 0.357. The van der Waals surface area contributed by atoms with Crippen molar-refractivity contribution in [1.82, 2.24) is 4.98 Å². The molecule has 0 aliphatic heterocycles. The molecular formula is C14H21NO. The van der Waals surface area contributed by atoms with Crippen LogP contribution < -0.4 is 0 Å². The third kappa shape index (κ3) is 3.89. The number of nitrogens with zero attached hydrogens (tertiary/aromatic N) is 1. The second-order valence-electron chi connectivity index (χ2n) is 2.65. The molecule has 0 saturated carbocycles. The summed E-state index contributed by atoms with van der Waals surface area (Å²) < 4.78 is 5.19. The molecule has 16 heavy (non-hydrogen) atoms. The summed E-state index contributed by atoms with van der Waals surface area (Å²) in [6, 6.07) is 8.02. The first-order valence-corrected chi connectivity index (χ1v) is 5.83. The first-order chi connectivity index (χ1) is 7.88. The SMILES string of the molecule is CC.CC.Cc1ccccc1-c1ncco1. The smallest absolute Gasteiger partial charge is 0.226 e. The summed E-state index contributed by atoms with van der Waals surface area (Å²) in [5.74, 6) is 0.688. The van der Waals surface area contributed by atoms with Crippen LogP contribution in [-0.4, -0.2) is 4.98 Å². The molecule has 1 heterocycles. The lowest BCUT2D eigenvalue weighted by molar-refractivity contribution is 0.574. The highest BCUT2D eigenvalue weighted by molar-refractivity contribution is 5.57. The molecule has 0 aliphatic rings. The lowest BCUT2D eigenvalue weighted by Crippen LogP contribution is -1.80. The van der Waals surface area contributed by atoms with Crippen LogP contribution in [0, 0.1) is 6.92 Å². The Morgan fingerprint density at radius 1 is 1.00 bits per heavy atom. The van der Waals surface area contributed by atoms with Crippen LogP contribution in [0.1, 0.15) is 33.3 Å². The molecule has 2 nitrogen and oxygen atoms in total. The van der Waals surface area contributed by atoms with Gasteiger partial charge in [-0.3, -0.25) is 0 Å². The van der Waals surface area contributed by atoms with Crippen molar-refractivity contribution in [3.63, 3.8) is 0 Å². The maximum Gasteiger partial charge on any atom is 0.226 e. The molecule has 0 fully saturated rings. The standard InChI is InChI=1S/C10H9NO.2C2H6/c1-8-4-2-3-5-9(8)10-11-6-7-12-10;2*1-2/h2-7H,1H3;2*1-2H3. The monoisotopic (exact) mass is 219 g/mol. The Bertz CT molecular complexity index is 366. The van der Waals surface area contributed by atoms with E-state index in [0.29, 0.717) is 5.89 Å². The number of aryl methyl sites for hydroxylation is 1. The predicted octanol–water partition coefficient (Wildman–Crippen LogP) is 4.70. The minimum Gasteiger partial charge on any atom is -0.445 e. The Hall–Kier alpha value is -1.57. The highest BCUT2D eigenvalue weighted by Crippen LogP contribution is 2.20. The summed E-state index contributed by atoms with van der Waals surface area (Å²) in [4.78, 5) is 4.08. The zero-order valence-electron chi connectivity index (χ0n) is 10.8. The Morgan fingerprint density at radius 2 is 1.62 bits per heavy atom. The van der Waals surface area contributed by atoms with Crippen molar-refractivity contribution < 1.29 is 4.42 Å².